The molecular formula is C17H20ClFN2O2S. The molecule has 0 amide bonds. The Bertz CT molecular complexity index is 807. The summed E-state index contributed by atoms with van der Waals surface area (Å²) in [4.78, 5) is -0.274. The Labute approximate surface area is 147 Å². The third-order valence-corrected chi connectivity index (χ3v) is 5.73. The fourth-order valence-corrected chi connectivity index (χ4v) is 4.34. The molecule has 0 saturated heterocycles. The summed E-state index contributed by atoms with van der Waals surface area (Å²) in [6, 6.07) is 12.1. The van der Waals surface area contributed by atoms with Crippen LogP contribution in [0.25, 0.3) is 0 Å². The van der Waals surface area contributed by atoms with Crippen molar-refractivity contribution < 1.29 is 12.8 Å². The monoisotopic (exact) mass is 370 g/mol. The van der Waals surface area contributed by atoms with Crippen LogP contribution >= 0.6 is 12.4 Å². The Hall–Kier alpha value is -1.47. The molecule has 1 heterocycles. The number of hydrogen-bond acceptors (Lipinski definition) is 3. The number of hydrogen-bond donors (Lipinski definition) is 2. The number of aryl methyl sites for hydroxylation is 1. The second-order valence-electron chi connectivity index (χ2n) is 5.69. The predicted molar refractivity (Wildman–Crippen MR) is 94.5 cm³/mol. The maximum atomic E-state index is 13.9. The van der Waals surface area contributed by atoms with Crippen LogP contribution in [0.15, 0.2) is 47.4 Å². The molecule has 1 aliphatic heterocycles. The van der Waals surface area contributed by atoms with E-state index in [1.54, 1.807) is 13.0 Å². The van der Waals surface area contributed by atoms with Crippen molar-refractivity contribution in [1.29, 1.82) is 0 Å². The highest BCUT2D eigenvalue weighted by molar-refractivity contribution is 7.89. The molecule has 130 valence electrons. The molecule has 0 fully saturated rings. The first-order valence-electron chi connectivity index (χ1n) is 7.55. The first-order valence-corrected chi connectivity index (χ1v) is 9.03. The van der Waals surface area contributed by atoms with Crippen LogP contribution in [0.3, 0.4) is 0 Å². The van der Waals surface area contributed by atoms with Crippen LogP contribution in [0.4, 0.5) is 4.39 Å². The molecule has 0 bridgehead atoms. The van der Waals surface area contributed by atoms with Crippen molar-refractivity contribution in [2.45, 2.75) is 24.3 Å². The zero-order valence-electron chi connectivity index (χ0n) is 13.3. The summed E-state index contributed by atoms with van der Waals surface area (Å²) >= 11 is 0. The third-order valence-electron chi connectivity index (χ3n) is 4.13. The quantitative estimate of drug-likeness (QED) is 0.870. The molecule has 0 radical (unpaired) electrons. The molecule has 1 aliphatic rings. The Morgan fingerprint density at radius 1 is 1.21 bits per heavy atom. The van der Waals surface area contributed by atoms with Crippen LogP contribution in [-0.2, 0) is 16.4 Å². The zero-order chi connectivity index (χ0) is 16.4. The van der Waals surface area contributed by atoms with Crippen LogP contribution in [0.2, 0.25) is 0 Å². The van der Waals surface area contributed by atoms with Crippen molar-refractivity contribution in [2.24, 2.45) is 0 Å². The van der Waals surface area contributed by atoms with E-state index in [1.165, 1.54) is 11.6 Å². The van der Waals surface area contributed by atoms with E-state index >= 15 is 0 Å². The summed E-state index contributed by atoms with van der Waals surface area (Å²) in [5.41, 5.74) is 2.71. The minimum absolute atomic E-state index is 0. The third kappa shape index (κ3) is 3.78. The molecule has 0 aromatic heterocycles. The van der Waals surface area contributed by atoms with Gasteiger partial charge in [0.05, 0.1) is 0 Å². The molecule has 7 heteroatoms. The van der Waals surface area contributed by atoms with Crippen molar-refractivity contribution in [3.63, 3.8) is 0 Å². The lowest BCUT2D eigenvalue weighted by Crippen LogP contribution is -2.39. The highest BCUT2D eigenvalue weighted by Gasteiger charge is 2.25. The van der Waals surface area contributed by atoms with Gasteiger partial charge in [0.25, 0.3) is 0 Å². The maximum Gasteiger partial charge on any atom is 0.243 e. The van der Waals surface area contributed by atoms with Crippen molar-refractivity contribution in [3.8, 4) is 0 Å². The van der Waals surface area contributed by atoms with Crippen LogP contribution in [0.5, 0.6) is 0 Å². The summed E-state index contributed by atoms with van der Waals surface area (Å²) in [7, 11) is -3.89. The molecule has 2 aromatic rings. The Kier molecular flexibility index (Phi) is 5.98. The van der Waals surface area contributed by atoms with Gasteiger partial charge >= 0.3 is 0 Å². The minimum atomic E-state index is -3.89. The summed E-state index contributed by atoms with van der Waals surface area (Å²) in [5.74, 6) is -0.727. The van der Waals surface area contributed by atoms with Crippen LogP contribution in [0, 0.1) is 12.7 Å². The van der Waals surface area contributed by atoms with Crippen molar-refractivity contribution in [1.82, 2.24) is 10.0 Å². The number of benzene rings is 2. The number of fused-ring (bicyclic) bond motifs is 1. The van der Waals surface area contributed by atoms with E-state index in [4.69, 9.17) is 0 Å². The average Bonchev–Trinajstić information content (AvgIpc) is 2.52. The largest absolute Gasteiger partial charge is 0.308 e. The maximum absolute atomic E-state index is 13.9. The molecular weight excluding hydrogens is 351 g/mol. The molecule has 3 rings (SSSR count). The number of rotatable bonds is 4. The topological polar surface area (TPSA) is 58.2 Å². The number of sulfonamides is 1. The Balaban J connectivity index is 0.00000208. The normalized spacial score (nSPS) is 17.0. The Morgan fingerprint density at radius 3 is 2.71 bits per heavy atom. The first-order chi connectivity index (χ1) is 11.0. The Morgan fingerprint density at radius 2 is 1.96 bits per heavy atom. The van der Waals surface area contributed by atoms with E-state index in [-0.39, 0.29) is 29.9 Å². The molecule has 4 nitrogen and oxygen atoms in total. The molecule has 1 atom stereocenters. The van der Waals surface area contributed by atoms with Gasteiger partial charge in [0, 0.05) is 12.6 Å². The molecule has 2 N–H and O–H groups in total. The van der Waals surface area contributed by atoms with Crippen molar-refractivity contribution in [3.05, 3.63) is 65.0 Å². The average molecular weight is 371 g/mol. The zero-order valence-corrected chi connectivity index (χ0v) is 14.9. The summed E-state index contributed by atoms with van der Waals surface area (Å²) in [6.45, 7) is 2.57. The molecule has 2 aromatic carbocycles. The van der Waals surface area contributed by atoms with Gasteiger partial charge in [-0.3, -0.25) is 0 Å². The lowest BCUT2D eigenvalue weighted by atomic mass is 9.95. The number of nitrogens with one attached hydrogen (secondary N) is 2. The second kappa shape index (κ2) is 7.61. The molecule has 0 aliphatic carbocycles. The highest BCUT2D eigenvalue weighted by Crippen LogP contribution is 2.23. The van der Waals surface area contributed by atoms with Gasteiger partial charge in [0.2, 0.25) is 10.0 Å². The van der Waals surface area contributed by atoms with E-state index < -0.39 is 15.8 Å². The molecule has 0 spiro atoms. The summed E-state index contributed by atoms with van der Waals surface area (Å²) in [5, 5.41) is 3.31. The van der Waals surface area contributed by atoms with Gasteiger partial charge in [-0.15, -0.1) is 12.4 Å². The van der Waals surface area contributed by atoms with E-state index in [2.05, 4.69) is 16.1 Å². The molecule has 0 saturated carbocycles. The summed E-state index contributed by atoms with van der Waals surface area (Å²) in [6.07, 6.45) is 0.922. The van der Waals surface area contributed by atoms with Crippen LogP contribution < -0.4 is 10.0 Å². The van der Waals surface area contributed by atoms with Gasteiger partial charge in [-0.2, -0.15) is 0 Å². The van der Waals surface area contributed by atoms with E-state index in [1.807, 2.05) is 18.2 Å². The van der Waals surface area contributed by atoms with Crippen LogP contribution in [-0.4, -0.2) is 21.5 Å². The van der Waals surface area contributed by atoms with E-state index in [9.17, 15) is 12.8 Å². The first kappa shape index (κ1) is 18.9. The lowest BCUT2D eigenvalue weighted by Gasteiger charge is -2.27. The van der Waals surface area contributed by atoms with Gasteiger partial charge in [0.1, 0.15) is 10.7 Å². The molecule has 1 unspecified atom stereocenters. The number of halogens is 2. The van der Waals surface area contributed by atoms with Gasteiger partial charge in [-0.25, -0.2) is 17.5 Å². The highest BCUT2D eigenvalue weighted by atomic mass is 35.5. The van der Waals surface area contributed by atoms with Crippen LogP contribution in [0.1, 0.15) is 22.7 Å². The lowest BCUT2D eigenvalue weighted by molar-refractivity contribution is 0.489. The fraction of sp³-hybridized carbons (Fsp3) is 0.294. The smallest absolute Gasteiger partial charge is 0.243 e. The van der Waals surface area contributed by atoms with E-state index in [0.717, 1.165) is 24.6 Å². The van der Waals surface area contributed by atoms with Gasteiger partial charge < -0.3 is 5.32 Å². The van der Waals surface area contributed by atoms with Crippen molar-refractivity contribution in [2.75, 3.05) is 13.1 Å². The summed E-state index contributed by atoms with van der Waals surface area (Å²) < 4.78 is 41.4. The SMILES string of the molecule is Cc1cccc(F)c1S(=O)(=O)NCC1NCCc2ccccc21.Cl. The minimum Gasteiger partial charge on any atom is -0.308 e. The molecule has 24 heavy (non-hydrogen) atoms. The predicted octanol–water partition coefficient (Wildman–Crippen LogP) is 2.72. The fourth-order valence-electron chi connectivity index (χ4n) is 3.00. The van der Waals surface area contributed by atoms with Gasteiger partial charge in [-0.1, -0.05) is 36.4 Å². The van der Waals surface area contributed by atoms with Gasteiger partial charge in [-0.05, 0) is 42.6 Å². The van der Waals surface area contributed by atoms with Crippen molar-refractivity contribution >= 4 is 22.4 Å². The van der Waals surface area contributed by atoms with E-state index in [0.29, 0.717) is 5.56 Å². The standard InChI is InChI=1S/C17H19FN2O2S.ClH/c1-12-5-4-8-15(18)17(12)23(21,22)20-11-16-14-7-3-2-6-13(14)9-10-19-16;/h2-8,16,19-20H,9-11H2,1H3;1H. The van der Waals surface area contributed by atoms with Gasteiger partial charge in [0.15, 0.2) is 0 Å². The second-order valence-corrected chi connectivity index (χ2v) is 7.40.